The van der Waals surface area contributed by atoms with Crippen LogP contribution in [-0.4, -0.2) is 29.2 Å². The van der Waals surface area contributed by atoms with Crippen molar-refractivity contribution in [2.75, 3.05) is 13.2 Å². The number of carbonyl (C=O) groups excluding carboxylic acids is 2. The van der Waals surface area contributed by atoms with Gasteiger partial charge in [-0.25, -0.2) is 0 Å². The van der Waals surface area contributed by atoms with Gasteiger partial charge in [0.05, 0.1) is 11.4 Å². The van der Waals surface area contributed by atoms with Crippen molar-refractivity contribution in [3.8, 4) is 17.1 Å². The molecule has 2 heterocycles. The van der Waals surface area contributed by atoms with Gasteiger partial charge in [-0.15, -0.1) is 0 Å². The molecule has 1 aliphatic rings. The minimum absolute atomic E-state index is 0.149. The van der Waals surface area contributed by atoms with Crippen molar-refractivity contribution in [3.63, 3.8) is 0 Å². The third kappa shape index (κ3) is 4.73. The molecule has 4 rings (SSSR count). The van der Waals surface area contributed by atoms with E-state index in [0.29, 0.717) is 32.2 Å². The third-order valence-electron chi connectivity index (χ3n) is 4.28. The van der Waals surface area contributed by atoms with Gasteiger partial charge in [-0.3, -0.25) is 14.5 Å². The van der Waals surface area contributed by atoms with Gasteiger partial charge in [0, 0.05) is 21.7 Å². The Morgan fingerprint density at radius 3 is 2.57 bits per heavy atom. The fourth-order valence-electron chi connectivity index (χ4n) is 2.83. The van der Waals surface area contributed by atoms with E-state index < -0.39 is 0 Å². The van der Waals surface area contributed by atoms with Gasteiger partial charge in [-0.1, -0.05) is 35.3 Å². The Bertz CT molecular complexity index is 1120. The Hall–Kier alpha value is -2.67. The van der Waals surface area contributed by atoms with Crippen molar-refractivity contribution in [1.29, 1.82) is 0 Å². The summed E-state index contributed by atoms with van der Waals surface area (Å²) in [6, 6.07) is 17.7. The van der Waals surface area contributed by atoms with Crippen LogP contribution in [0.25, 0.3) is 17.4 Å². The SMILES string of the molecule is O=C1S/C(=C\c2ccc(-c3cccc(Cl)c3)o2)C(=O)N1CCOc1ccc(Cl)cc1. The molecular formula is C22H15Cl2NO4S. The molecule has 30 heavy (non-hydrogen) atoms. The topological polar surface area (TPSA) is 59.8 Å². The standard InChI is InChI=1S/C22H15Cl2NO4S/c23-15-4-6-17(7-5-15)28-11-10-25-21(26)20(30-22(25)27)13-18-8-9-19(29-18)14-2-1-3-16(24)12-14/h1-9,12-13H,10-11H2/b20-13-. The van der Waals surface area contributed by atoms with Gasteiger partial charge in [0.25, 0.3) is 11.1 Å². The van der Waals surface area contributed by atoms with Crippen LogP contribution in [0.5, 0.6) is 5.75 Å². The predicted octanol–water partition coefficient (Wildman–Crippen LogP) is 6.37. The Kier molecular flexibility index (Phi) is 6.18. The largest absolute Gasteiger partial charge is 0.492 e. The highest BCUT2D eigenvalue weighted by molar-refractivity contribution is 8.18. The maximum Gasteiger partial charge on any atom is 0.293 e. The van der Waals surface area contributed by atoms with E-state index >= 15 is 0 Å². The number of nitrogens with zero attached hydrogens (tertiary/aromatic N) is 1. The van der Waals surface area contributed by atoms with Crippen LogP contribution < -0.4 is 4.74 Å². The maximum absolute atomic E-state index is 12.6. The van der Waals surface area contributed by atoms with E-state index in [9.17, 15) is 9.59 Å². The van der Waals surface area contributed by atoms with Crippen LogP contribution in [0.2, 0.25) is 10.0 Å². The summed E-state index contributed by atoms with van der Waals surface area (Å²) in [7, 11) is 0. The molecule has 0 N–H and O–H groups in total. The quantitative estimate of drug-likeness (QED) is 0.400. The average Bonchev–Trinajstić information content (AvgIpc) is 3.29. The molecule has 0 bridgehead atoms. The summed E-state index contributed by atoms with van der Waals surface area (Å²) < 4.78 is 11.4. The summed E-state index contributed by atoms with van der Waals surface area (Å²) in [5.74, 6) is 1.35. The van der Waals surface area contributed by atoms with E-state index in [4.69, 9.17) is 32.4 Å². The first-order chi connectivity index (χ1) is 14.5. The Morgan fingerprint density at radius 2 is 1.80 bits per heavy atom. The number of imide groups is 1. The highest BCUT2D eigenvalue weighted by atomic mass is 35.5. The molecule has 3 aromatic rings. The van der Waals surface area contributed by atoms with Crippen LogP contribution in [0.4, 0.5) is 4.79 Å². The lowest BCUT2D eigenvalue weighted by atomic mass is 10.2. The van der Waals surface area contributed by atoms with E-state index in [2.05, 4.69) is 0 Å². The molecule has 0 aliphatic carbocycles. The Labute approximate surface area is 187 Å². The summed E-state index contributed by atoms with van der Waals surface area (Å²) in [5.41, 5.74) is 0.828. The van der Waals surface area contributed by atoms with Crippen molar-refractivity contribution >= 4 is 52.2 Å². The number of rotatable bonds is 6. The second-order valence-corrected chi connectivity index (χ2v) is 8.21. The number of amides is 2. The fourth-order valence-corrected chi connectivity index (χ4v) is 4.00. The lowest BCUT2D eigenvalue weighted by Crippen LogP contribution is -2.32. The van der Waals surface area contributed by atoms with Crippen LogP contribution in [0.15, 0.2) is 70.0 Å². The third-order valence-corrected chi connectivity index (χ3v) is 5.67. The number of halogens is 2. The summed E-state index contributed by atoms with van der Waals surface area (Å²) >= 11 is 12.7. The van der Waals surface area contributed by atoms with Gasteiger partial charge in [0.1, 0.15) is 23.9 Å². The second kappa shape index (κ2) is 9.00. The first-order valence-electron chi connectivity index (χ1n) is 8.99. The van der Waals surface area contributed by atoms with Crippen LogP contribution in [0, 0.1) is 0 Å². The molecule has 2 aromatic carbocycles. The molecule has 1 aromatic heterocycles. The summed E-state index contributed by atoms with van der Waals surface area (Å²) in [6.45, 7) is 0.336. The summed E-state index contributed by atoms with van der Waals surface area (Å²) in [4.78, 5) is 26.3. The molecule has 0 atom stereocenters. The molecule has 0 radical (unpaired) electrons. The second-order valence-electron chi connectivity index (χ2n) is 6.35. The van der Waals surface area contributed by atoms with E-state index in [0.717, 1.165) is 22.2 Å². The summed E-state index contributed by atoms with van der Waals surface area (Å²) in [6.07, 6.45) is 1.57. The number of furan rings is 1. The molecule has 0 spiro atoms. The van der Waals surface area contributed by atoms with Crippen LogP contribution >= 0.6 is 35.0 Å². The molecule has 8 heteroatoms. The summed E-state index contributed by atoms with van der Waals surface area (Å²) in [5, 5.41) is 0.870. The van der Waals surface area contributed by atoms with E-state index in [1.807, 2.05) is 12.1 Å². The number of hydrogen-bond donors (Lipinski definition) is 0. The molecule has 1 saturated heterocycles. The molecular weight excluding hydrogens is 445 g/mol. The number of hydrogen-bond acceptors (Lipinski definition) is 5. The minimum Gasteiger partial charge on any atom is -0.492 e. The van der Waals surface area contributed by atoms with E-state index in [1.54, 1.807) is 54.6 Å². The highest BCUT2D eigenvalue weighted by Gasteiger charge is 2.35. The monoisotopic (exact) mass is 459 g/mol. The van der Waals surface area contributed by atoms with Gasteiger partial charge in [0.2, 0.25) is 0 Å². The molecule has 1 fully saturated rings. The van der Waals surface area contributed by atoms with Crippen molar-refractivity contribution in [2.24, 2.45) is 0 Å². The average molecular weight is 460 g/mol. The van der Waals surface area contributed by atoms with Crippen molar-refractivity contribution < 1.29 is 18.7 Å². The highest BCUT2D eigenvalue weighted by Crippen LogP contribution is 2.33. The number of carbonyl (C=O) groups is 2. The molecule has 0 saturated carbocycles. The lowest BCUT2D eigenvalue weighted by molar-refractivity contribution is -0.123. The molecule has 0 unspecified atom stereocenters. The number of thioether (sulfide) groups is 1. The van der Waals surface area contributed by atoms with E-state index in [-0.39, 0.29) is 24.3 Å². The van der Waals surface area contributed by atoms with Crippen LogP contribution in [-0.2, 0) is 4.79 Å². The zero-order valence-corrected chi connectivity index (χ0v) is 17.8. The molecule has 2 amide bonds. The van der Waals surface area contributed by atoms with Gasteiger partial charge >= 0.3 is 0 Å². The van der Waals surface area contributed by atoms with Gasteiger partial charge in [0.15, 0.2) is 0 Å². The first-order valence-corrected chi connectivity index (χ1v) is 10.6. The lowest BCUT2D eigenvalue weighted by Gasteiger charge is -2.13. The minimum atomic E-state index is -0.370. The Morgan fingerprint density at radius 1 is 1.00 bits per heavy atom. The van der Waals surface area contributed by atoms with Crippen LogP contribution in [0.1, 0.15) is 5.76 Å². The number of benzene rings is 2. The zero-order valence-electron chi connectivity index (χ0n) is 15.5. The normalized spacial score (nSPS) is 15.3. The predicted molar refractivity (Wildman–Crippen MR) is 119 cm³/mol. The van der Waals surface area contributed by atoms with Crippen molar-refractivity contribution in [3.05, 3.63) is 81.4 Å². The number of ether oxygens (including phenoxy) is 1. The van der Waals surface area contributed by atoms with Crippen LogP contribution in [0.3, 0.4) is 0 Å². The zero-order chi connectivity index (χ0) is 21.1. The molecule has 5 nitrogen and oxygen atoms in total. The smallest absolute Gasteiger partial charge is 0.293 e. The van der Waals surface area contributed by atoms with Crippen molar-refractivity contribution in [2.45, 2.75) is 0 Å². The molecule has 1 aliphatic heterocycles. The van der Waals surface area contributed by atoms with Gasteiger partial charge in [-0.2, -0.15) is 0 Å². The fraction of sp³-hybridized carbons (Fsp3) is 0.0909. The maximum atomic E-state index is 12.6. The van der Waals surface area contributed by atoms with Gasteiger partial charge < -0.3 is 9.15 Å². The molecule has 152 valence electrons. The Balaban J connectivity index is 1.41. The van der Waals surface area contributed by atoms with E-state index in [1.165, 1.54) is 0 Å². The van der Waals surface area contributed by atoms with Crippen molar-refractivity contribution in [1.82, 2.24) is 4.90 Å². The first kappa shape index (κ1) is 20.6. The van der Waals surface area contributed by atoms with Gasteiger partial charge in [-0.05, 0) is 60.3 Å².